The Bertz CT molecular complexity index is 897. The monoisotopic (exact) mass is 274 g/mol. The molecule has 0 amide bonds. The highest BCUT2D eigenvalue weighted by atomic mass is 15.0. The molecule has 2 aromatic heterocycles. The fourth-order valence-electron chi connectivity index (χ4n) is 2.76. The van der Waals surface area contributed by atoms with Crippen molar-refractivity contribution in [3.8, 4) is 11.1 Å². The molecular formula is C17H14N4. The van der Waals surface area contributed by atoms with Gasteiger partial charge in [0.15, 0.2) is 0 Å². The molecule has 0 saturated heterocycles. The third-order valence-corrected chi connectivity index (χ3v) is 3.85. The fourth-order valence-corrected chi connectivity index (χ4v) is 2.76. The number of rotatable bonds is 1. The van der Waals surface area contributed by atoms with Crippen LogP contribution in [0.5, 0.6) is 0 Å². The first-order valence-corrected chi connectivity index (χ1v) is 6.90. The van der Waals surface area contributed by atoms with Gasteiger partial charge >= 0.3 is 0 Å². The van der Waals surface area contributed by atoms with Crippen LogP contribution in [0.25, 0.3) is 28.1 Å². The van der Waals surface area contributed by atoms with Crippen molar-refractivity contribution in [2.45, 2.75) is 13.3 Å². The number of hydrogen-bond donors (Lipinski definition) is 1. The van der Waals surface area contributed by atoms with Crippen LogP contribution in [0.2, 0.25) is 0 Å². The minimum Gasteiger partial charge on any atom is -0.368 e. The summed E-state index contributed by atoms with van der Waals surface area (Å²) in [6.07, 6.45) is 7.13. The molecule has 4 rings (SSSR count). The number of allylic oxidation sites excluding steroid dienone is 1. The molecule has 2 heterocycles. The van der Waals surface area contributed by atoms with Gasteiger partial charge in [-0.2, -0.15) is 0 Å². The summed E-state index contributed by atoms with van der Waals surface area (Å²) in [5.74, 6) is 0.317. The number of hydrogen-bond acceptors (Lipinski definition) is 4. The number of anilines is 1. The van der Waals surface area contributed by atoms with Crippen LogP contribution >= 0.6 is 0 Å². The Kier molecular flexibility index (Phi) is 2.51. The van der Waals surface area contributed by atoms with Crippen molar-refractivity contribution >= 4 is 22.9 Å². The molecule has 3 aromatic rings. The van der Waals surface area contributed by atoms with Gasteiger partial charge < -0.3 is 5.73 Å². The molecule has 4 nitrogen and oxygen atoms in total. The average molecular weight is 274 g/mol. The fraction of sp³-hybridized carbons (Fsp3) is 0.118. The Morgan fingerprint density at radius 3 is 2.90 bits per heavy atom. The molecule has 0 unspecified atom stereocenters. The third-order valence-electron chi connectivity index (χ3n) is 3.85. The van der Waals surface area contributed by atoms with E-state index in [-0.39, 0.29) is 0 Å². The van der Waals surface area contributed by atoms with E-state index in [2.05, 4.69) is 45.3 Å². The van der Waals surface area contributed by atoms with E-state index < -0.39 is 0 Å². The zero-order chi connectivity index (χ0) is 14.4. The molecule has 0 radical (unpaired) electrons. The first-order valence-electron chi connectivity index (χ1n) is 6.90. The maximum Gasteiger partial charge on any atom is 0.220 e. The summed E-state index contributed by atoms with van der Waals surface area (Å²) in [7, 11) is 0. The van der Waals surface area contributed by atoms with Gasteiger partial charge in [0.05, 0.1) is 16.9 Å². The summed E-state index contributed by atoms with van der Waals surface area (Å²) in [5, 5.41) is 1.03. The van der Waals surface area contributed by atoms with Crippen molar-refractivity contribution in [3.63, 3.8) is 0 Å². The van der Waals surface area contributed by atoms with Crippen LogP contribution in [0, 0.1) is 6.92 Å². The van der Waals surface area contributed by atoms with Gasteiger partial charge in [-0.3, -0.25) is 4.98 Å². The van der Waals surface area contributed by atoms with E-state index in [0.717, 1.165) is 39.8 Å². The van der Waals surface area contributed by atoms with Crippen LogP contribution in [-0.4, -0.2) is 15.0 Å². The highest BCUT2D eigenvalue weighted by molar-refractivity contribution is 5.87. The van der Waals surface area contributed by atoms with Crippen LogP contribution in [0.1, 0.15) is 17.0 Å². The number of benzene rings is 1. The molecule has 1 aliphatic carbocycles. The Morgan fingerprint density at radius 1 is 1.10 bits per heavy atom. The zero-order valence-corrected chi connectivity index (χ0v) is 11.7. The van der Waals surface area contributed by atoms with Crippen LogP contribution in [0.4, 0.5) is 5.95 Å². The van der Waals surface area contributed by atoms with Crippen molar-refractivity contribution in [3.05, 3.63) is 53.5 Å². The lowest BCUT2D eigenvalue weighted by molar-refractivity contribution is 1.13. The number of nitrogen functional groups attached to an aromatic ring is 1. The van der Waals surface area contributed by atoms with Crippen LogP contribution < -0.4 is 5.73 Å². The van der Waals surface area contributed by atoms with E-state index in [1.807, 2.05) is 19.2 Å². The summed E-state index contributed by atoms with van der Waals surface area (Å²) >= 11 is 0. The molecule has 0 bridgehead atoms. The van der Waals surface area contributed by atoms with Crippen LogP contribution in [0.3, 0.4) is 0 Å². The smallest absolute Gasteiger partial charge is 0.220 e. The first kappa shape index (κ1) is 12.0. The second-order valence-corrected chi connectivity index (χ2v) is 5.27. The lowest BCUT2D eigenvalue weighted by atomic mass is 10.0. The van der Waals surface area contributed by atoms with E-state index in [9.17, 15) is 0 Å². The van der Waals surface area contributed by atoms with E-state index >= 15 is 0 Å². The molecule has 0 fully saturated rings. The lowest BCUT2D eigenvalue weighted by Crippen LogP contribution is -1.98. The van der Waals surface area contributed by atoms with E-state index in [4.69, 9.17) is 5.73 Å². The second kappa shape index (κ2) is 4.38. The lowest BCUT2D eigenvalue weighted by Gasteiger charge is -2.07. The molecule has 1 aromatic carbocycles. The van der Waals surface area contributed by atoms with Crippen molar-refractivity contribution in [1.29, 1.82) is 0 Å². The minimum atomic E-state index is 0.317. The predicted octanol–water partition coefficient (Wildman–Crippen LogP) is 3.15. The quantitative estimate of drug-likeness (QED) is 0.740. The summed E-state index contributed by atoms with van der Waals surface area (Å²) < 4.78 is 0. The standard InChI is InChI=1S/C17H14N4/c1-10-14-8-11(5-6-16(14)21-17(18)20-10)13-7-12-3-2-4-15(12)19-9-13/h2-3,5-9H,4H2,1H3,(H2,18,20,21). The van der Waals surface area contributed by atoms with Gasteiger partial charge in [-0.25, -0.2) is 9.97 Å². The summed E-state index contributed by atoms with van der Waals surface area (Å²) in [4.78, 5) is 13.0. The number of nitrogens with two attached hydrogens (primary N) is 1. The Balaban J connectivity index is 1.89. The average Bonchev–Trinajstić information content (AvgIpc) is 2.94. The van der Waals surface area contributed by atoms with Gasteiger partial charge in [0.1, 0.15) is 0 Å². The second-order valence-electron chi connectivity index (χ2n) is 5.27. The molecule has 102 valence electrons. The van der Waals surface area contributed by atoms with E-state index in [1.54, 1.807) is 0 Å². The topological polar surface area (TPSA) is 64.7 Å². The van der Waals surface area contributed by atoms with Crippen molar-refractivity contribution in [2.75, 3.05) is 5.73 Å². The largest absolute Gasteiger partial charge is 0.368 e. The molecule has 21 heavy (non-hydrogen) atoms. The van der Waals surface area contributed by atoms with Crippen LogP contribution in [0.15, 0.2) is 36.5 Å². The Labute approximate surface area is 122 Å². The van der Waals surface area contributed by atoms with E-state index in [1.165, 1.54) is 5.56 Å². The molecule has 0 aliphatic heterocycles. The van der Waals surface area contributed by atoms with Gasteiger partial charge in [-0.1, -0.05) is 18.2 Å². The van der Waals surface area contributed by atoms with Crippen LogP contribution in [-0.2, 0) is 6.42 Å². The summed E-state index contributed by atoms with van der Waals surface area (Å²) in [5.41, 5.74) is 12.0. The van der Waals surface area contributed by atoms with Crippen molar-refractivity contribution in [2.24, 2.45) is 0 Å². The zero-order valence-electron chi connectivity index (χ0n) is 11.7. The molecular weight excluding hydrogens is 260 g/mol. The molecule has 0 atom stereocenters. The Morgan fingerprint density at radius 2 is 2.00 bits per heavy atom. The van der Waals surface area contributed by atoms with Gasteiger partial charge in [-0.15, -0.1) is 0 Å². The predicted molar refractivity (Wildman–Crippen MR) is 84.7 cm³/mol. The van der Waals surface area contributed by atoms with Crippen molar-refractivity contribution in [1.82, 2.24) is 15.0 Å². The summed E-state index contributed by atoms with van der Waals surface area (Å²) in [6, 6.07) is 8.32. The number of aryl methyl sites for hydroxylation is 1. The normalized spacial score (nSPS) is 12.8. The van der Waals surface area contributed by atoms with Gasteiger partial charge in [0.2, 0.25) is 5.95 Å². The molecule has 4 heteroatoms. The highest BCUT2D eigenvalue weighted by Crippen LogP contribution is 2.28. The maximum absolute atomic E-state index is 5.70. The van der Waals surface area contributed by atoms with Gasteiger partial charge in [-0.05, 0) is 36.2 Å². The molecule has 1 aliphatic rings. The first-order chi connectivity index (χ1) is 10.2. The SMILES string of the molecule is Cc1nc(N)nc2ccc(-c3cnc4c(c3)C=CC4)cc12. The summed E-state index contributed by atoms with van der Waals surface area (Å²) in [6.45, 7) is 1.95. The Hall–Kier alpha value is -2.75. The maximum atomic E-state index is 5.70. The molecule has 0 saturated carbocycles. The molecule has 0 spiro atoms. The number of aromatic nitrogens is 3. The number of nitrogens with zero attached hydrogens (tertiary/aromatic N) is 3. The number of pyridine rings is 1. The third kappa shape index (κ3) is 1.96. The minimum absolute atomic E-state index is 0.317. The van der Waals surface area contributed by atoms with E-state index in [0.29, 0.717) is 5.95 Å². The number of fused-ring (bicyclic) bond motifs is 2. The van der Waals surface area contributed by atoms with Gasteiger partial charge in [0.25, 0.3) is 0 Å². The van der Waals surface area contributed by atoms with Crippen molar-refractivity contribution < 1.29 is 0 Å². The highest BCUT2D eigenvalue weighted by Gasteiger charge is 2.10. The van der Waals surface area contributed by atoms with Gasteiger partial charge in [0, 0.05) is 23.6 Å². The molecule has 2 N–H and O–H groups in total.